The minimum Gasteiger partial charge on any atom is -0.490 e. The van der Waals surface area contributed by atoms with Crippen molar-refractivity contribution < 1.29 is 14.3 Å². The second-order valence-electron chi connectivity index (χ2n) is 3.24. The molecule has 0 aliphatic carbocycles. The van der Waals surface area contributed by atoms with E-state index < -0.39 is 6.10 Å². The molecule has 0 spiro atoms. The van der Waals surface area contributed by atoms with Crippen molar-refractivity contribution in [2.75, 3.05) is 12.5 Å². The third-order valence-corrected chi connectivity index (χ3v) is 2.30. The van der Waals surface area contributed by atoms with Crippen molar-refractivity contribution in [2.24, 2.45) is 0 Å². The van der Waals surface area contributed by atoms with Crippen molar-refractivity contribution in [3.8, 4) is 11.5 Å². The molecule has 0 aromatic heterocycles. The number of ether oxygens (including phenoxy) is 2. The third kappa shape index (κ3) is 3.42. The number of hydrogen-bond acceptors (Lipinski definition) is 3. The zero-order chi connectivity index (χ0) is 12.0. The number of carbonyl (C=O) groups excluding carboxylic acids is 1. The summed E-state index contributed by atoms with van der Waals surface area (Å²) in [5.41, 5.74) is 0. The van der Waals surface area contributed by atoms with Gasteiger partial charge in [-0.1, -0.05) is 12.1 Å². The Morgan fingerprint density at radius 2 is 2.00 bits per heavy atom. The van der Waals surface area contributed by atoms with Crippen molar-refractivity contribution in [1.29, 1.82) is 0 Å². The predicted molar refractivity (Wildman–Crippen MR) is 63.4 cm³/mol. The molecule has 0 radical (unpaired) electrons. The number of para-hydroxylation sites is 2. The first-order chi connectivity index (χ1) is 7.69. The molecule has 4 heteroatoms. The van der Waals surface area contributed by atoms with Crippen molar-refractivity contribution in [1.82, 2.24) is 0 Å². The van der Waals surface area contributed by atoms with Gasteiger partial charge in [-0.15, -0.1) is 11.6 Å². The molecule has 0 bridgehead atoms. The van der Waals surface area contributed by atoms with E-state index in [1.165, 1.54) is 0 Å². The van der Waals surface area contributed by atoms with E-state index in [1.54, 1.807) is 19.1 Å². The van der Waals surface area contributed by atoms with Gasteiger partial charge in [-0.05, 0) is 26.0 Å². The lowest BCUT2D eigenvalue weighted by Crippen LogP contribution is -2.25. The number of hydrogen-bond donors (Lipinski definition) is 0. The minimum absolute atomic E-state index is 0.0437. The van der Waals surface area contributed by atoms with Gasteiger partial charge in [0.1, 0.15) is 0 Å². The molecular weight excluding hydrogens is 228 g/mol. The summed E-state index contributed by atoms with van der Waals surface area (Å²) < 4.78 is 10.9. The Morgan fingerprint density at radius 3 is 2.56 bits per heavy atom. The topological polar surface area (TPSA) is 35.5 Å². The first-order valence-electron chi connectivity index (χ1n) is 5.16. The quantitative estimate of drug-likeness (QED) is 0.720. The van der Waals surface area contributed by atoms with Crippen LogP contribution in [0.15, 0.2) is 24.3 Å². The molecule has 1 unspecified atom stereocenters. The molecule has 1 rings (SSSR count). The monoisotopic (exact) mass is 242 g/mol. The molecule has 1 aromatic rings. The molecule has 3 nitrogen and oxygen atoms in total. The van der Waals surface area contributed by atoms with E-state index in [0.29, 0.717) is 18.1 Å². The Bertz CT molecular complexity index is 352. The SMILES string of the molecule is CCOc1ccccc1OC(C)C(=O)CCl. The summed E-state index contributed by atoms with van der Waals surface area (Å²) in [6.45, 7) is 4.12. The van der Waals surface area contributed by atoms with E-state index in [9.17, 15) is 4.79 Å². The first-order valence-corrected chi connectivity index (χ1v) is 5.69. The molecule has 16 heavy (non-hydrogen) atoms. The Hall–Kier alpha value is -1.22. The van der Waals surface area contributed by atoms with Gasteiger partial charge in [-0.3, -0.25) is 4.79 Å². The van der Waals surface area contributed by atoms with Gasteiger partial charge < -0.3 is 9.47 Å². The third-order valence-electron chi connectivity index (χ3n) is 2.04. The van der Waals surface area contributed by atoms with Gasteiger partial charge in [0.25, 0.3) is 0 Å². The summed E-state index contributed by atoms with van der Waals surface area (Å²) in [6, 6.07) is 7.25. The van der Waals surface area contributed by atoms with Gasteiger partial charge in [-0.2, -0.15) is 0 Å². The van der Waals surface area contributed by atoms with E-state index in [4.69, 9.17) is 21.1 Å². The fraction of sp³-hybridized carbons (Fsp3) is 0.417. The van der Waals surface area contributed by atoms with Gasteiger partial charge in [0.05, 0.1) is 12.5 Å². The second-order valence-corrected chi connectivity index (χ2v) is 3.51. The molecule has 0 aliphatic heterocycles. The maximum Gasteiger partial charge on any atom is 0.187 e. The number of benzene rings is 1. The Balaban J connectivity index is 2.75. The highest BCUT2D eigenvalue weighted by atomic mass is 35.5. The summed E-state index contributed by atoms with van der Waals surface area (Å²) >= 11 is 5.45. The lowest BCUT2D eigenvalue weighted by atomic mass is 10.2. The van der Waals surface area contributed by atoms with Crippen LogP contribution in [0.25, 0.3) is 0 Å². The smallest absolute Gasteiger partial charge is 0.187 e. The normalized spacial score (nSPS) is 11.9. The Labute approximate surface area is 100 Å². The van der Waals surface area contributed by atoms with Crippen LogP contribution in [0.5, 0.6) is 11.5 Å². The van der Waals surface area contributed by atoms with Gasteiger partial charge in [-0.25, -0.2) is 0 Å². The second kappa shape index (κ2) is 6.38. The number of carbonyl (C=O) groups is 1. The molecule has 0 N–H and O–H groups in total. The summed E-state index contributed by atoms with van der Waals surface area (Å²) in [5, 5.41) is 0. The standard InChI is InChI=1S/C12H15ClO3/c1-3-15-11-6-4-5-7-12(11)16-9(2)10(14)8-13/h4-7,9H,3,8H2,1-2H3. The van der Waals surface area contributed by atoms with Crippen LogP contribution >= 0.6 is 11.6 Å². The van der Waals surface area contributed by atoms with Crippen molar-refractivity contribution in [3.63, 3.8) is 0 Å². The van der Waals surface area contributed by atoms with Crippen molar-refractivity contribution in [3.05, 3.63) is 24.3 Å². The number of rotatable bonds is 6. The molecule has 0 saturated heterocycles. The van der Waals surface area contributed by atoms with Crippen molar-refractivity contribution >= 4 is 17.4 Å². The molecule has 0 fully saturated rings. The predicted octanol–water partition coefficient (Wildman–Crippen LogP) is 2.66. The maximum absolute atomic E-state index is 11.3. The summed E-state index contributed by atoms with van der Waals surface area (Å²) in [4.78, 5) is 11.3. The zero-order valence-corrected chi connectivity index (χ0v) is 10.2. The van der Waals surface area contributed by atoms with Crippen LogP contribution in [0.3, 0.4) is 0 Å². The molecule has 0 amide bonds. The van der Waals surface area contributed by atoms with Gasteiger partial charge in [0.15, 0.2) is 23.4 Å². The van der Waals surface area contributed by atoms with Crippen LogP contribution in [0.1, 0.15) is 13.8 Å². The largest absolute Gasteiger partial charge is 0.490 e. The molecule has 0 saturated carbocycles. The number of halogens is 1. The van der Waals surface area contributed by atoms with Gasteiger partial charge in [0, 0.05) is 0 Å². The summed E-state index contributed by atoms with van der Waals surface area (Å²) in [5.74, 6) is 1.01. The van der Waals surface area contributed by atoms with Crippen LogP contribution in [0.4, 0.5) is 0 Å². The molecule has 0 heterocycles. The molecule has 1 aromatic carbocycles. The molecular formula is C12H15ClO3. The molecule has 1 atom stereocenters. The van der Waals surface area contributed by atoms with Crippen molar-refractivity contribution in [2.45, 2.75) is 20.0 Å². The zero-order valence-electron chi connectivity index (χ0n) is 9.40. The van der Waals surface area contributed by atoms with E-state index >= 15 is 0 Å². The fourth-order valence-electron chi connectivity index (χ4n) is 1.19. The summed E-state index contributed by atoms with van der Waals surface area (Å²) in [6.07, 6.45) is -0.556. The lowest BCUT2D eigenvalue weighted by molar-refractivity contribution is -0.122. The van der Waals surface area contributed by atoms with Crippen LogP contribution < -0.4 is 9.47 Å². The van der Waals surface area contributed by atoms with E-state index in [0.717, 1.165) is 0 Å². The minimum atomic E-state index is -0.556. The highest BCUT2D eigenvalue weighted by Crippen LogP contribution is 2.27. The number of Topliss-reactive ketones (excluding diaryl/α,β-unsaturated/α-hetero) is 1. The maximum atomic E-state index is 11.3. The lowest BCUT2D eigenvalue weighted by Gasteiger charge is -2.15. The van der Waals surface area contributed by atoms with Gasteiger partial charge >= 0.3 is 0 Å². The highest BCUT2D eigenvalue weighted by Gasteiger charge is 2.15. The Kier molecular flexibility index (Phi) is 5.12. The first kappa shape index (κ1) is 12.8. The van der Waals surface area contributed by atoms with Crippen LogP contribution in [0.2, 0.25) is 0 Å². The molecule has 0 aliphatic rings. The summed E-state index contributed by atoms with van der Waals surface area (Å²) in [7, 11) is 0. The van der Waals surface area contributed by atoms with Crippen LogP contribution in [-0.2, 0) is 4.79 Å². The number of ketones is 1. The molecule has 88 valence electrons. The number of alkyl halides is 1. The average Bonchev–Trinajstić information content (AvgIpc) is 2.31. The van der Waals surface area contributed by atoms with Crippen LogP contribution in [-0.4, -0.2) is 24.4 Å². The highest BCUT2D eigenvalue weighted by molar-refractivity contribution is 6.28. The van der Waals surface area contributed by atoms with Crippen LogP contribution in [0, 0.1) is 0 Å². The van der Waals surface area contributed by atoms with E-state index in [2.05, 4.69) is 0 Å². The average molecular weight is 243 g/mol. The van der Waals surface area contributed by atoms with Gasteiger partial charge in [0.2, 0.25) is 0 Å². The fourth-order valence-corrected chi connectivity index (χ4v) is 1.40. The van der Waals surface area contributed by atoms with E-state index in [-0.39, 0.29) is 11.7 Å². The Morgan fingerprint density at radius 1 is 1.38 bits per heavy atom. The van der Waals surface area contributed by atoms with E-state index in [1.807, 2.05) is 19.1 Å².